The van der Waals surface area contributed by atoms with E-state index >= 15 is 8.78 Å². The van der Waals surface area contributed by atoms with Crippen LogP contribution in [0.25, 0.3) is 63.0 Å². The Morgan fingerprint density at radius 3 is 1.24 bits per heavy atom. The summed E-state index contributed by atoms with van der Waals surface area (Å²) in [7, 11) is 0. The maximum absolute atomic E-state index is 16.6. The van der Waals surface area contributed by atoms with Crippen molar-refractivity contribution in [1.29, 1.82) is 21.0 Å². The SMILES string of the molecule is CC1(C)c2cc3c(cc2-c2sc4c(F)c(/C=C5\C(=O)c6ccccc6C5=C(C#N)C#N)sc4c21)C(C)(C)c1c-3sc2c(F)c(/C=C3\C(=O)c4ccccc4C3=C(C#N)C#N)sc12. The molecule has 0 aliphatic heterocycles. The molecule has 4 aromatic heterocycles. The van der Waals surface area contributed by atoms with Crippen LogP contribution >= 0.6 is 45.3 Å². The number of nitrogens with zero attached hydrogens (tertiary/aromatic N) is 4. The second-order valence-corrected chi connectivity index (χ2v) is 20.6. The number of carbonyl (C=O) groups excluding carboxylic acids is 2. The summed E-state index contributed by atoms with van der Waals surface area (Å²) in [6.07, 6.45) is 2.97. The minimum atomic E-state index is -0.548. The van der Waals surface area contributed by atoms with Gasteiger partial charge in [0.25, 0.3) is 0 Å². The second-order valence-electron chi connectivity index (χ2n) is 16.5. The van der Waals surface area contributed by atoms with Crippen molar-refractivity contribution in [3.63, 3.8) is 0 Å². The number of Topliss-reactive ketones (excluding diaryl/α,β-unsaturated/α-hetero) is 2. The van der Waals surface area contributed by atoms with Crippen LogP contribution in [-0.2, 0) is 10.8 Å². The molecular weight excluding hydrogens is 855 g/mol. The minimum absolute atomic E-state index is 0.119. The number of fused-ring (bicyclic) bond motifs is 12. The fourth-order valence-corrected chi connectivity index (χ4v) is 15.7. The summed E-state index contributed by atoms with van der Waals surface area (Å²) < 4.78 is 35.8. The summed E-state index contributed by atoms with van der Waals surface area (Å²) in [5.41, 5.74) is 7.02. The highest BCUT2D eigenvalue weighted by Gasteiger charge is 2.46. The number of allylic oxidation sites excluding steroid dienone is 6. The number of hydrogen-bond donors (Lipinski definition) is 0. The van der Waals surface area contributed by atoms with Gasteiger partial charge in [0.1, 0.15) is 35.4 Å². The summed E-state index contributed by atoms with van der Waals surface area (Å²) in [5.74, 6) is -1.63. The van der Waals surface area contributed by atoms with E-state index in [0.29, 0.717) is 31.7 Å². The van der Waals surface area contributed by atoms with Gasteiger partial charge in [-0.25, -0.2) is 8.78 Å². The molecule has 0 fully saturated rings. The van der Waals surface area contributed by atoms with E-state index in [2.05, 4.69) is 39.8 Å². The summed E-state index contributed by atoms with van der Waals surface area (Å²) >= 11 is 5.28. The summed E-state index contributed by atoms with van der Waals surface area (Å²) in [6.45, 7) is 8.50. The van der Waals surface area contributed by atoms with Crippen LogP contribution < -0.4 is 0 Å². The van der Waals surface area contributed by atoms with E-state index in [4.69, 9.17) is 0 Å². The van der Waals surface area contributed by atoms with Crippen molar-refractivity contribution in [2.45, 2.75) is 38.5 Å². The number of nitriles is 4. The van der Waals surface area contributed by atoms with E-state index in [-0.39, 0.29) is 54.8 Å². The standard InChI is InChI=1S/C50H24F2N4O2S4/c1-49(2)31-13-28-32(14-27(31)43-37(49)45-47(61-43)39(51)33(59-45)15-29-35(21(17-53)18-54)23-9-5-7-11-25(23)41(29)57)50(3,4)38-44(28)62-48-40(52)34(60-46(38)48)16-30-36(22(19-55)20-56)24-10-6-8-12-26(24)42(30)58/h5-16H,1-4H3/b29-15-,30-16-. The third kappa shape index (κ3) is 4.70. The average Bonchev–Trinajstić information content (AvgIpc) is 4.13. The van der Waals surface area contributed by atoms with Crippen molar-refractivity contribution in [3.05, 3.63) is 149 Å². The third-order valence-electron chi connectivity index (χ3n) is 12.6. The summed E-state index contributed by atoms with van der Waals surface area (Å²) in [5, 5.41) is 39.2. The van der Waals surface area contributed by atoms with Crippen LogP contribution in [0.1, 0.15) is 91.5 Å². The molecule has 4 aliphatic carbocycles. The highest BCUT2D eigenvalue weighted by atomic mass is 32.1. The molecule has 0 N–H and O–H groups in total. The van der Waals surface area contributed by atoms with Crippen LogP contribution in [0.4, 0.5) is 8.78 Å². The second kappa shape index (κ2) is 12.8. The smallest absolute Gasteiger partial charge is 0.194 e. The van der Waals surface area contributed by atoms with Gasteiger partial charge < -0.3 is 0 Å². The first-order valence-corrected chi connectivity index (χ1v) is 22.5. The lowest BCUT2D eigenvalue weighted by atomic mass is 9.79. The Kier molecular flexibility index (Phi) is 7.87. The average molecular weight is 879 g/mol. The summed E-state index contributed by atoms with van der Waals surface area (Å²) in [4.78, 5) is 29.7. The van der Waals surface area contributed by atoms with Crippen molar-refractivity contribution >= 4 is 99.0 Å². The van der Waals surface area contributed by atoms with Crippen molar-refractivity contribution in [1.82, 2.24) is 0 Å². The lowest BCUT2D eigenvalue weighted by Gasteiger charge is -2.24. The molecule has 0 bridgehead atoms. The van der Waals surface area contributed by atoms with Crippen molar-refractivity contribution in [3.8, 4) is 45.2 Å². The van der Waals surface area contributed by atoms with E-state index in [9.17, 15) is 30.6 Å². The third-order valence-corrected chi connectivity index (χ3v) is 17.6. The van der Waals surface area contributed by atoms with Crippen LogP contribution in [-0.4, -0.2) is 11.6 Å². The zero-order valence-electron chi connectivity index (χ0n) is 32.9. The lowest BCUT2D eigenvalue weighted by molar-refractivity contribution is 0.103. The predicted molar refractivity (Wildman–Crippen MR) is 242 cm³/mol. The number of benzene rings is 3. The van der Waals surface area contributed by atoms with Gasteiger partial charge in [-0.2, -0.15) is 21.0 Å². The number of carbonyl (C=O) groups is 2. The molecular formula is C50H24F2N4O2S4. The largest absolute Gasteiger partial charge is 0.289 e. The van der Waals surface area contributed by atoms with Crippen LogP contribution in [0.5, 0.6) is 0 Å². The van der Waals surface area contributed by atoms with Crippen molar-refractivity contribution < 1.29 is 18.4 Å². The lowest BCUT2D eigenvalue weighted by Crippen LogP contribution is -2.17. The molecule has 11 rings (SSSR count). The quantitative estimate of drug-likeness (QED) is 0.126. The molecule has 0 spiro atoms. The molecule has 12 heteroatoms. The van der Waals surface area contributed by atoms with Crippen LogP contribution in [0, 0.1) is 57.0 Å². The molecule has 6 nitrogen and oxygen atoms in total. The fourth-order valence-electron chi connectivity index (χ4n) is 9.78. The Bertz CT molecular complexity index is 3420. The van der Waals surface area contributed by atoms with Crippen LogP contribution in [0.2, 0.25) is 0 Å². The number of halogens is 2. The molecule has 0 amide bonds. The first-order chi connectivity index (χ1) is 29.8. The van der Waals surface area contributed by atoms with Crippen LogP contribution in [0.15, 0.2) is 83.0 Å². The first-order valence-electron chi connectivity index (χ1n) is 19.3. The minimum Gasteiger partial charge on any atom is -0.289 e. The van der Waals surface area contributed by atoms with Crippen molar-refractivity contribution in [2.24, 2.45) is 0 Å². The number of rotatable bonds is 2. The van der Waals surface area contributed by atoms with E-state index in [1.54, 1.807) is 48.5 Å². The molecule has 62 heavy (non-hydrogen) atoms. The molecule has 294 valence electrons. The van der Waals surface area contributed by atoms with Gasteiger partial charge in [0.05, 0.1) is 28.6 Å². The highest BCUT2D eigenvalue weighted by Crippen LogP contribution is 2.63. The van der Waals surface area contributed by atoms with Gasteiger partial charge in [0, 0.05) is 54.0 Å². The summed E-state index contributed by atoms with van der Waals surface area (Å²) in [6, 6.07) is 25.7. The Morgan fingerprint density at radius 1 is 0.532 bits per heavy atom. The number of ketones is 2. The van der Waals surface area contributed by atoms with Crippen molar-refractivity contribution in [2.75, 3.05) is 0 Å². The van der Waals surface area contributed by atoms with Gasteiger partial charge in [-0.05, 0) is 68.8 Å². The van der Waals surface area contributed by atoms with Gasteiger partial charge in [0.2, 0.25) is 0 Å². The number of thiophene rings is 4. The topological polar surface area (TPSA) is 129 Å². The molecule has 7 aromatic rings. The van der Waals surface area contributed by atoms with Gasteiger partial charge in [-0.15, -0.1) is 45.3 Å². The van der Waals surface area contributed by atoms with Gasteiger partial charge in [-0.1, -0.05) is 76.2 Å². The normalized spacial score (nSPS) is 17.1. The zero-order valence-corrected chi connectivity index (χ0v) is 36.2. The maximum Gasteiger partial charge on any atom is 0.194 e. The maximum atomic E-state index is 16.6. The molecule has 3 aromatic carbocycles. The number of hydrogen-bond acceptors (Lipinski definition) is 10. The molecule has 4 aliphatic rings. The molecule has 0 unspecified atom stereocenters. The molecule has 4 heterocycles. The Morgan fingerprint density at radius 2 is 0.887 bits per heavy atom. The highest BCUT2D eigenvalue weighted by molar-refractivity contribution is 7.31. The van der Waals surface area contributed by atoms with Gasteiger partial charge in [0.15, 0.2) is 23.2 Å². The molecule has 0 saturated heterocycles. The Balaban J connectivity index is 1.01. The molecule has 0 atom stereocenters. The fraction of sp³-hybridized carbons (Fsp3) is 0.120. The van der Waals surface area contributed by atoms with E-state index in [1.165, 1.54) is 57.5 Å². The Hall–Kier alpha value is -6.90. The van der Waals surface area contributed by atoms with E-state index in [0.717, 1.165) is 52.5 Å². The van der Waals surface area contributed by atoms with E-state index in [1.807, 2.05) is 24.3 Å². The van der Waals surface area contributed by atoms with Gasteiger partial charge >= 0.3 is 0 Å². The van der Waals surface area contributed by atoms with Crippen LogP contribution in [0.3, 0.4) is 0 Å². The Labute approximate surface area is 368 Å². The van der Waals surface area contributed by atoms with Gasteiger partial charge in [-0.3, -0.25) is 9.59 Å². The zero-order chi connectivity index (χ0) is 43.3. The molecule has 0 radical (unpaired) electrons. The molecule has 0 saturated carbocycles. The predicted octanol–water partition coefficient (Wildman–Crippen LogP) is 13.3. The van der Waals surface area contributed by atoms with E-state index < -0.39 is 22.5 Å². The first kappa shape index (κ1) is 38.1. The monoisotopic (exact) mass is 878 g/mol.